The summed E-state index contributed by atoms with van der Waals surface area (Å²) in [6.07, 6.45) is 0.111. The molecule has 1 heterocycles. The minimum absolute atomic E-state index is 0.111. The van der Waals surface area contributed by atoms with E-state index in [-0.39, 0.29) is 6.10 Å². The Hall–Kier alpha value is -0.910. The first kappa shape index (κ1) is 13.2. The summed E-state index contributed by atoms with van der Waals surface area (Å²) in [6.45, 7) is 2.97. The van der Waals surface area contributed by atoms with Crippen molar-refractivity contribution in [3.8, 4) is 0 Å². The van der Waals surface area contributed by atoms with E-state index in [0.717, 1.165) is 0 Å². The molecule has 1 N–H and O–H groups in total. The summed E-state index contributed by atoms with van der Waals surface area (Å²) in [6, 6.07) is 1.67. The molecular formula is C10H16ClN3O2. The highest BCUT2D eigenvalue weighted by atomic mass is 35.5. The molecule has 0 radical (unpaired) electrons. The molecule has 5 nitrogen and oxygen atoms in total. The lowest BCUT2D eigenvalue weighted by molar-refractivity contribution is 0.128. The number of nitrogens with zero attached hydrogens (tertiary/aromatic N) is 2. The average molecular weight is 246 g/mol. The van der Waals surface area contributed by atoms with Gasteiger partial charge in [-0.05, 0) is 6.92 Å². The maximum Gasteiger partial charge on any atom is 0.158 e. The van der Waals surface area contributed by atoms with Gasteiger partial charge in [0.15, 0.2) is 5.82 Å². The lowest BCUT2D eigenvalue weighted by Gasteiger charge is -2.11. The van der Waals surface area contributed by atoms with Gasteiger partial charge in [0, 0.05) is 26.8 Å². The molecule has 1 atom stereocenters. The number of halogens is 1. The van der Waals surface area contributed by atoms with Gasteiger partial charge in [0.1, 0.15) is 17.6 Å². The Labute approximate surface area is 100 Å². The summed E-state index contributed by atoms with van der Waals surface area (Å²) >= 11 is 5.86. The minimum Gasteiger partial charge on any atom is -0.380 e. The van der Waals surface area contributed by atoms with Crippen molar-refractivity contribution in [1.29, 1.82) is 0 Å². The normalized spacial score (nSPS) is 12.5. The van der Waals surface area contributed by atoms with E-state index in [0.29, 0.717) is 29.9 Å². The van der Waals surface area contributed by atoms with Crippen molar-refractivity contribution in [3.63, 3.8) is 0 Å². The molecule has 0 saturated heterocycles. The summed E-state index contributed by atoms with van der Waals surface area (Å²) in [5.41, 5.74) is 0. The van der Waals surface area contributed by atoms with Crippen molar-refractivity contribution in [3.05, 3.63) is 17.0 Å². The number of hydrogen-bond acceptors (Lipinski definition) is 5. The van der Waals surface area contributed by atoms with Crippen LogP contribution in [-0.4, -0.2) is 36.8 Å². The average Bonchev–Trinajstić information content (AvgIpc) is 2.25. The van der Waals surface area contributed by atoms with Crippen molar-refractivity contribution in [1.82, 2.24) is 9.97 Å². The Balaban J connectivity index is 2.64. The van der Waals surface area contributed by atoms with Gasteiger partial charge in [0.2, 0.25) is 0 Å². The van der Waals surface area contributed by atoms with E-state index in [1.54, 1.807) is 20.3 Å². The fraction of sp³-hybridized carbons (Fsp3) is 0.600. The molecule has 0 spiro atoms. The van der Waals surface area contributed by atoms with Gasteiger partial charge in [-0.3, -0.25) is 0 Å². The second-order valence-corrected chi connectivity index (χ2v) is 3.74. The smallest absolute Gasteiger partial charge is 0.158 e. The second-order valence-electron chi connectivity index (χ2n) is 3.35. The third-order valence-corrected chi connectivity index (χ3v) is 2.18. The van der Waals surface area contributed by atoms with Gasteiger partial charge in [-0.2, -0.15) is 0 Å². The van der Waals surface area contributed by atoms with Crippen LogP contribution in [0.1, 0.15) is 12.7 Å². The van der Waals surface area contributed by atoms with E-state index < -0.39 is 0 Å². The number of rotatable bonds is 6. The Morgan fingerprint density at radius 3 is 2.81 bits per heavy atom. The topological polar surface area (TPSA) is 56.3 Å². The zero-order chi connectivity index (χ0) is 12.0. The Morgan fingerprint density at radius 2 is 2.19 bits per heavy atom. The fourth-order valence-electron chi connectivity index (χ4n) is 1.08. The standard InChI is InChI=1S/C10H16ClN3O2/c1-7(16-3)5-12-9-4-8(11)13-10(14-9)6-15-2/h4,7H,5-6H2,1-3H3,(H,12,13,14). The van der Waals surface area contributed by atoms with Gasteiger partial charge in [0.05, 0.1) is 6.10 Å². The van der Waals surface area contributed by atoms with E-state index in [2.05, 4.69) is 15.3 Å². The largest absolute Gasteiger partial charge is 0.380 e. The molecular weight excluding hydrogens is 230 g/mol. The number of anilines is 1. The molecule has 6 heteroatoms. The maximum absolute atomic E-state index is 5.86. The molecule has 0 aliphatic carbocycles. The van der Waals surface area contributed by atoms with Crippen LogP contribution in [0.15, 0.2) is 6.07 Å². The van der Waals surface area contributed by atoms with Gasteiger partial charge in [-0.25, -0.2) is 9.97 Å². The molecule has 0 bridgehead atoms. The van der Waals surface area contributed by atoms with Gasteiger partial charge in [0.25, 0.3) is 0 Å². The Bertz CT molecular complexity index is 336. The van der Waals surface area contributed by atoms with Gasteiger partial charge in [-0.1, -0.05) is 11.6 Å². The molecule has 0 amide bonds. The molecule has 1 unspecified atom stereocenters. The van der Waals surface area contributed by atoms with E-state index in [1.807, 2.05) is 6.92 Å². The predicted octanol–water partition coefficient (Wildman–Crippen LogP) is 1.72. The molecule has 90 valence electrons. The van der Waals surface area contributed by atoms with Crippen LogP contribution in [0.3, 0.4) is 0 Å². The Kier molecular flexibility index (Phi) is 5.45. The van der Waals surface area contributed by atoms with Crippen molar-refractivity contribution >= 4 is 17.4 Å². The molecule has 16 heavy (non-hydrogen) atoms. The molecule has 0 aliphatic heterocycles. The van der Waals surface area contributed by atoms with Gasteiger partial charge in [-0.15, -0.1) is 0 Å². The fourth-order valence-corrected chi connectivity index (χ4v) is 1.28. The lowest BCUT2D eigenvalue weighted by atomic mass is 10.4. The van der Waals surface area contributed by atoms with Crippen molar-refractivity contribution < 1.29 is 9.47 Å². The first-order chi connectivity index (χ1) is 7.65. The van der Waals surface area contributed by atoms with Crippen LogP contribution in [0.5, 0.6) is 0 Å². The van der Waals surface area contributed by atoms with Gasteiger partial charge < -0.3 is 14.8 Å². The molecule has 0 aromatic carbocycles. The van der Waals surface area contributed by atoms with Crippen LogP contribution in [0.25, 0.3) is 0 Å². The minimum atomic E-state index is 0.111. The first-order valence-electron chi connectivity index (χ1n) is 4.94. The van der Waals surface area contributed by atoms with E-state index in [4.69, 9.17) is 21.1 Å². The molecule has 0 saturated carbocycles. The highest BCUT2D eigenvalue weighted by Gasteiger charge is 2.04. The number of aromatic nitrogens is 2. The summed E-state index contributed by atoms with van der Waals surface area (Å²) in [7, 11) is 3.25. The van der Waals surface area contributed by atoms with Crippen molar-refractivity contribution in [2.45, 2.75) is 19.6 Å². The molecule has 1 aromatic rings. The summed E-state index contributed by atoms with van der Waals surface area (Å²) < 4.78 is 10.1. The van der Waals surface area contributed by atoms with E-state index in [9.17, 15) is 0 Å². The number of ether oxygens (including phenoxy) is 2. The number of hydrogen-bond donors (Lipinski definition) is 1. The third-order valence-electron chi connectivity index (χ3n) is 1.99. The molecule has 0 aliphatic rings. The highest BCUT2D eigenvalue weighted by molar-refractivity contribution is 6.29. The summed E-state index contributed by atoms with van der Waals surface area (Å²) in [5, 5.41) is 3.52. The summed E-state index contributed by atoms with van der Waals surface area (Å²) in [5.74, 6) is 1.23. The summed E-state index contributed by atoms with van der Waals surface area (Å²) in [4.78, 5) is 8.27. The quantitative estimate of drug-likeness (QED) is 0.774. The van der Waals surface area contributed by atoms with Crippen LogP contribution >= 0.6 is 11.6 Å². The van der Waals surface area contributed by atoms with E-state index in [1.165, 1.54) is 0 Å². The zero-order valence-corrected chi connectivity index (χ0v) is 10.4. The molecule has 1 rings (SSSR count). The third kappa shape index (κ3) is 4.30. The SMILES string of the molecule is COCc1nc(Cl)cc(NCC(C)OC)n1. The van der Waals surface area contributed by atoms with Gasteiger partial charge >= 0.3 is 0 Å². The number of methoxy groups -OCH3 is 2. The number of nitrogens with one attached hydrogen (secondary N) is 1. The van der Waals surface area contributed by atoms with Crippen LogP contribution in [0, 0.1) is 0 Å². The maximum atomic E-state index is 5.86. The van der Waals surface area contributed by atoms with Crippen LogP contribution < -0.4 is 5.32 Å². The van der Waals surface area contributed by atoms with Crippen LogP contribution in [0.4, 0.5) is 5.82 Å². The Morgan fingerprint density at radius 1 is 1.44 bits per heavy atom. The van der Waals surface area contributed by atoms with Crippen LogP contribution in [0.2, 0.25) is 5.15 Å². The molecule has 0 fully saturated rings. The first-order valence-corrected chi connectivity index (χ1v) is 5.32. The van der Waals surface area contributed by atoms with E-state index >= 15 is 0 Å². The highest BCUT2D eigenvalue weighted by Crippen LogP contribution is 2.12. The lowest BCUT2D eigenvalue weighted by Crippen LogP contribution is -2.19. The predicted molar refractivity (Wildman–Crippen MR) is 62.7 cm³/mol. The second kappa shape index (κ2) is 6.62. The van der Waals surface area contributed by atoms with Crippen LogP contribution in [-0.2, 0) is 16.1 Å². The monoisotopic (exact) mass is 245 g/mol. The van der Waals surface area contributed by atoms with Crippen molar-refractivity contribution in [2.75, 3.05) is 26.1 Å². The zero-order valence-electron chi connectivity index (χ0n) is 9.66. The molecule has 1 aromatic heterocycles. The van der Waals surface area contributed by atoms with Crippen molar-refractivity contribution in [2.24, 2.45) is 0 Å².